The van der Waals surface area contributed by atoms with Gasteiger partial charge in [0.15, 0.2) is 29.4 Å². The molecule has 0 N–H and O–H groups in total. The van der Waals surface area contributed by atoms with Crippen molar-refractivity contribution in [3.8, 4) is 0 Å². The van der Waals surface area contributed by atoms with Gasteiger partial charge >= 0.3 is 11.9 Å². The lowest BCUT2D eigenvalue weighted by atomic mass is 10.1. The van der Waals surface area contributed by atoms with Crippen LogP contribution >= 0.6 is 11.8 Å². The summed E-state index contributed by atoms with van der Waals surface area (Å²) in [6, 6.07) is 0. The third kappa shape index (κ3) is 4.69. The van der Waals surface area contributed by atoms with Crippen molar-refractivity contribution in [2.24, 2.45) is 0 Å². The molecule has 5 atom stereocenters. The van der Waals surface area contributed by atoms with Crippen molar-refractivity contribution in [2.45, 2.75) is 70.3 Å². The van der Waals surface area contributed by atoms with Crippen LogP contribution in [0.3, 0.4) is 0 Å². The Balaban J connectivity index is 2.19. The van der Waals surface area contributed by atoms with E-state index in [1.807, 2.05) is 0 Å². The van der Waals surface area contributed by atoms with Crippen LogP contribution in [0.1, 0.15) is 34.6 Å². The van der Waals surface area contributed by atoms with Crippen LogP contribution in [0, 0.1) is 0 Å². The van der Waals surface area contributed by atoms with Gasteiger partial charge in [-0.1, -0.05) is 11.8 Å². The molecule has 8 nitrogen and oxygen atoms in total. The summed E-state index contributed by atoms with van der Waals surface area (Å²) in [5, 5.41) is -0.715. The van der Waals surface area contributed by atoms with E-state index >= 15 is 0 Å². The van der Waals surface area contributed by atoms with Gasteiger partial charge in [-0.2, -0.15) is 0 Å². The smallest absolute Gasteiger partial charge is 0.303 e. The zero-order valence-electron chi connectivity index (χ0n) is 14.3. The fraction of sp³-hybridized carbons (Fsp3) is 0.800. The fourth-order valence-electron chi connectivity index (χ4n) is 2.74. The highest BCUT2D eigenvalue weighted by Crippen LogP contribution is 2.41. The molecule has 0 aromatic carbocycles. The predicted molar refractivity (Wildman–Crippen MR) is 82.9 cm³/mol. The average molecular weight is 362 g/mol. The molecule has 0 aromatic heterocycles. The van der Waals surface area contributed by atoms with E-state index in [2.05, 4.69) is 0 Å². The molecule has 136 valence electrons. The quantitative estimate of drug-likeness (QED) is 0.664. The third-order valence-corrected chi connectivity index (χ3v) is 4.50. The van der Waals surface area contributed by atoms with Crippen LogP contribution in [-0.2, 0) is 38.1 Å². The van der Waals surface area contributed by atoms with Crippen molar-refractivity contribution in [3.05, 3.63) is 0 Å². The van der Waals surface area contributed by atoms with Gasteiger partial charge in [0.2, 0.25) is 0 Å². The first-order valence-electron chi connectivity index (χ1n) is 7.58. The van der Waals surface area contributed by atoms with Crippen LogP contribution in [-0.4, -0.2) is 59.3 Å². The average Bonchev–Trinajstić information content (AvgIpc) is 2.87. The molecule has 2 fully saturated rings. The Morgan fingerprint density at radius 2 is 1.79 bits per heavy atom. The number of fused-ring (bicyclic) bond motifs is 1. The molecule has 2 aliphatic rings. The van der Waals surface area contributed by atoms with E-state index in [1.54, 1.807) is 13.8 Å². The van der Waals surface area contributed by atoms with E-state index < -0.39 is 47.6 Å². The van der Waals surface area contributed by atoms with Gasteiger partial charge in [-0.3, -0.25) is 14.4 Å². The van der Waals surface area contributed by atoms with E-state index in [1.165, 1.54) is 20.8 Å². The van der Waals surface area contributed by atoms with Crippen LogP contribution < -0.4 is 0 Å². The molecule has 2 aliphatic heterocycles. The van der Waals surface area contributed by atoms with Gasteiger partial charge in [0, 0.05) is 20.8 Å². The second kappa shape index (κ2) is 7.38. The Morgan fingerprint density at radius 3 is 2.33 bits per heavy atom. The van der Waals surface area contributed by atoms with E-state index in [9.17, 15) is 14.4 Å². The van der Waals surface area contributed by atoms with Gasteiger partial charge < -0.3 is 23.7 Å². The molecular weight excluding hydrogens is 340 g/mol. The largest absolute Gasteiger partial charge is 0.465 e. The van der Waals surface area contributed by atoms with Crippen molar-refractivity contribution >= 4 is 28.8 Å². The van der Waals surface area contributed by atoms with E-state index in [0.29, 0.717) is 0 Å². The first-order valence-corrected chi connectivity index (χ1v) is 8.46. The summed E-state index contributed by atoms with van der Waals surface area (Å²) in [6.07, 6.45) is -2.79. The number of hydrogen-bond donors (Lipinski definition) is 0. The van der Waals surface area contributed by atoms with Gasteiger partial charge in [0.05, 0.1) is 5.25 Å². The lowest BCUT2D eigenvalue weighted by Crippen LogP contribution is -2.44. The molecule has 0 spiro atoms. The van der Waals surface area contributed by atoms with Gasteiger partial charge in [-0.05, 0) is 13.8 Å². The Kier molecular flexibility index (Phi) is 5.90. The van der Waals surface area contributed by atoms with Gasteiger partial charge in [0.1, 0.15) is 12.7 Å². The minimum absolute atomic E-state index is 0.0507. The molecule has 24 heavy (non-hydrogen) atoms. The molecular formula is C15H22O8S. The summed E-state index contributed by atoms with van der Waals surface area (Å²) in [7, 11) is 0. The van der Waals surface area contributed by atoms with Crippen molar-refractivity contribution in [2.75, 3.05) is 6.61 Å². The second-order valence-corrected chi connectivity index (χ2v) is 7.51. The topological polar surface area (TPSA) is 97.4 Å². The molecule has 0 amide bonds. The predicted octanol–water partition coefficient (Wildman–Crippen LogP) is 1.01. The highest BCUT2D eigenvalue weighted by atomic mass is 32.2. The highest BCUT2D eigenvalue weighted by molar-refractivity contribution is 8.14. The number of carbonyl (C=O) groups is 3. The lowest BCUT2D eigenvalue weighted by molar-refractivity contribution is -0.219. The van der Waals surface area contributed by atoms with Crippen LogP contribution in [0.5, 0.6) is 0 Å². The zero-order chi connectivity index (χ0) is 18.1. The third-order valence-electron chi connectivity index (χ3n) is 3.46. The molecule has 0 unspecified atom stereocenters. The summed E-state index contributed by atoms with van der Waals surface area (Å²) < 4.78 is 27.7. The SMILES string of the molecule is CC(=O)OC[C@@H](SC(C)=O)[C@H]1O[C@@H]2OC(C)(C)O[C@@H]2[C@H]1OC(C)=O. The molecule has 2 saturated heterocycles. The Morgan fingerprint density at radius 1 is 1.12 bits per heavy atom. The standard InChI is InChI=1S/C15H22O8S/c1-7(16)19-6-10(24-9(3)18)11-12(20-8(2)17)13-14(21-11)23-15(4,5)22-13/h10-14H,6H2,1-5H3/t10-,11-,12+,13-,14-/m1/s1. The van der Waals surface area contributed by atoms with Crippen LogP contribution in [0.15, 0.2) is 0 Å². The number of thioether (sulfide) groups is 1. The van der Waals surface area contributed by atoms with Crippen LogP contribution in [0.4, 0.5) is 0 Å². The molecule has 0 aliphatic carbocycles. The van der Waals surface area contributed by atoms with Gasteiger partial charge in [-0.25, -0.2) is 0 Å². The maximum atomic E-state index is 11.5. The van der Waals surface area contributed by atoms with Crippen LogP contribution in [0.25, 0.3) is 0 Å². The first-order chi connectivity index (χ1) is 11.1. The second-order valence-electron chi connectivity index (χ2n) is 6.09. The number of ether oxygens (including phenoxy) is 5. The lowest BCUT2D eigenvalue weighted by Gasteiger charge is -2.29. The highest BCUT2D eigenvalue weighted by Gasteiger charge is 2.58. The number of hydrogen-bond acceptors (Lipinski definition) is 9. The van der Waals surface area contributed by atoms with Gasteiger partial charge in [0.25, 0.3) is 0 Å². The monoisotopic (exact) mass is 362 g/mol. The fourth-order valence-corrected chi connectivity index (χ4v) is 3.65. The minimum Gasteiger partial charge on any atom is -0.465 e. The molecule has 2 rings (SSSR count). The van der Waals surface area contributed by atoms with Crippen molar-refractivity contribution < 1.29 is 38.1 Å². The first kappa shape index (κ1) is 19.2. The molecule has 0 radical (unpaired) electrons. The Labute approximate surface area is 144 Å². The summed E-state index contributed by atoms with van der Waals surface area (Å²) in [5.74, 6) is -1.83. The van der Waals surface area contributed by atoms with E-state index in [4.69, 9.17) is 23.7 Å². The maximum Gasteiger partial charge on any atom is 0.303 e. The minimum atomic E-state index is -0.863. The molecule has 9 heteroatoms. The number of rotatable bonds is 5. The zero-order valence-corrected chi connectivity index (χ0v) is 15.1. The molecule has 0 saturated carbocycles. The van der Waals surface area contributed by atoms with Gasteiger partial charge in [-0.15, -0.1) is 0 Å². The van der Waals surface area contributed by atoms with Crippen molar-refractivity contribution in [1.29, 1.82) is 0 Å². The molecule has 2 heterocycles. The summed E-state index contributed by atoms with van der Waals surface area (Å²) in [4.78, 5) is 34.1. The Bertz CT molecular complexity index is 520. The maximum absolute atomic E-state index is 11.5. The summed E-state index contributed by atoms with van der Waals surface area (Å²) in [6.45, 7) is 7.37. The van der Waals surface area contributed by atoms with Crippen molar-refractivity contribution in [1.82, 2.24) is 0 Å². The number of carbonyl (C=O) groups excluding carboxylic acids is 3. The molecule has 0 aromatic rings. The summed E-state index contributed by atoms with van der Waals surface area (Å²) >= 11 is 0.965. The van der Waals surface area contributed by atoms with E-state index in [-0.39, 0.29) is 11.7 Å². The molecule has 0 bridgehead atoms. The summed E-state index contributed by atoms with van der Waals surface area (Å²) in [5.41, 5.74) is 0. The van der Waals surface area contributed by atoms with E-state index in [0.717, 1.165) is 11.8 Å². The van der Waals surface area contributed by atoms with Crippen molar-refractivity contribution in [3.63, 3.8) is 0 Å². The Hall–Kier alpha value is -1.16. The normalized spacial score (nSPS) is 32.0. The van der Waals surface area contributed by atoms with Crippen LogP contribution in [0.2, 0.25) is 0 Å². The number of esters is 2.